The molecule has 0 bridgehead atoms. The molecule has 2 aliphatic rings. The Bertz CT molecular complexity index is 948. The Labute approximate surface area is 164 Å². The number of Topliss-reactive ketones (excluding diaryl/α,β-unsaturated/α-hetero) is 1. The van der Waals surface area contributed by atoms with E-state index in [0.717, 1.165) is 22.4 Å². The third-order valence-corrected chi connectivity index (χ3v) is 5.62. The molecule has 1 N–H and O–H groups in total. The van der Waals surface area contributed by atoms with Crippen molar-refractivity contribution >= 4 is 11.7 Å². The first-order valence-electron chi connectivity index (χ1n) is 9.43. The predicted molar refractivity (Wildman–Crippen MR) is 105 cm³/mol. The van der Waals surface area contributed by atoms with Crippen molar-refractivity contribution in [2.75, 3.05) is 14.2 Å². The van der Waals surface area contributed by atoms with Crippen molar-refractivity contribution in [1.82, 2.24) is 5.32 Å². The van der Waals surface area contributed by atoms with Gasteiger partial charge >= 0.3 is 0 Å². The number of hydrogen-bond donors (Lipinski definition) is 1. The van der Waals surface area contributed by atoms with E-state index in [-0.39, 0.29) is 23.5 Å². The van der Waals surface area contributed by atoms with Crippen LogP contribution in [0.3, 0.4) is 0 Å². The van der Waals surface area contributed by atoms with E-state index in [0.29, 0.717) is 30.8 Å². The summed E-state index contributed by atoms with van der Waals surface area (Å²) in [4.78, 5) is 25.5. The van der Waals surface area contributed by atoms with Crippen molar-refractivity contribution in [2.24, 2.45) is 0 Å². The van der Waals surface area contributed by atoms with Crippen LogP contribution in [0.4, 0.5) is 0 Å². The molecule has 0 unspecified atom stereocenters. The van der Waals surface area contributed by atoms with E-state index in [9.17, 15) is 9.59 Å². The number of rotatable bonds is 4. The first-order valence-corrected chi connectivity index (χ1v) is 9.43. The smallest absolute Gasteiger partial charge is 0.225 e. The lowest BCUT2D eigenvalue weighted by atomic mass is 9.73. The van der Waals surface area contributed by atoms with Crippen LogP contribution in [-0.2, 0) is 9.59 Å². The lowest BCUT2D eigenvalue weighted by molar-refractivity contribution is -0.122. The second kappa shape index (κ2) is 7.50. The lowest BCUT2D eigenvalue weighted by Gasteiger charge is -2.34. The molecule has 5 nitrogen and oxygen atoms in total. The van der Waals surface area contributed by atoms with Gasteiger partial charge in [-0.25, -0.2) is 0 Å². The van der Waals surface area contributed by atoms with Gasteiger partial charge in [-0.15, -0.1) is 0 Å². The van der Waals surface area contributed by atoms with Gasteiger partial charge in [-0.2, -0.15) is 0 Å². The summed E-state index contributed by atoms with van der Waals surface area (Å²) in [5.41, 5.74) is 3.56. The van der Waals surface area contributed by atoms with E-state index in [1.165, 1.54) is 0 Å². The molecule has 0 radical (unpaired) electrons. The summed E-state index contributed by atoms with van der Waals surface area (Å²) < 4.78 is 10.7. The van der Waals surface area contributed by atoms with Crippen LogP contribution in [0.2, 0.25) is 0 Å². The Morgan fingerprint density at radius 3 is 2.32 bits per heavy atom. The molecule has 4 rings (SSSR count). The van der Waals surface area contributed by atoms with Gasteiger partial charge in [0, 0.05) is 30.0 Å². The van der Waals surface area contributed by atoms with Gasteiger partial charge in [0.15, 0.2) is 17.3 Å². The summed E-state index contributed by atoms with van der Waals surface area (Å²) in [7, 11) is 3.19. The van der Waals surface area contributed by atoms with E-state index < -0.39 is 0 Å². The van der Waals surface area contributed by atoms with Crippen LogP contribution in [-0.4, -0.2) is 25.9 Å². The molecule has 2 aromatic carbocycles. The van der Waals surface area contributed by atoms with Crippen molar-refractivity contribution in [3.8, 4) is 11.5 Å². The molecule has 0 fully saturated rings. The monoisotopic (exact) mass is 377 g/mol. The summed E-state index contributed by atoms with van der Waals surface area (Å²) in [6, 6.07) is 15.5. The number of carbonyl (C=O) groups excluding carboxylic acids is 2. The molecular formula is C23H23NO4. The van der Waals surface area contributed by atoms with Gasteiger partial charge in [0.25, 0.3) is 0 Å². The van der Waals surface area contributed by atoms with Crippen molar-refractivity contribution in [3.05, 3.63) is 70.9 Å². The highest BCUT2D eigenvalue weighted by molar-refractivity contribution is 6.02. The van der Waals surface area contributed by atoms with Crippen molar-refractivity contribution in [1.29, 1.82) is 0 Å². The summed E-state index contributed by atoms with van der Waals surface area (Å²) in [6.45, 7) is 0. The van der Waals surface area contributed by atoms with Gasteiger partial charge in [0.2, 0.25) is 5.91 Å². The number of methoxy groups -OCH3 is 2. The van der Waals surface area contributed by atoms with Crippen molar-refractivity contribution < 1.29 is 19.1 Å². The fourth-order valence-electron chi connectivity index (χ4n) is 4.27. The average molecular weight is 377 g/mol. The molecule has 1 aliphatic heterocycles. The first-order chi connectivity index (χ1) is 13.6. The highest BCUT2D eigenvalue weighted by Gasteiger charge is 2.38. The van der Waals surface area contributed by atoms with Crippen LogP contribution in [0.15, 0.2) is 59.8 Å². The van der Waals surface area contributed by atoms with E-state index in [2.05, 4.69) is 5.32 Å². The zero-order chi connectivity index (χ0) is 19.7. The van der Waals surface area contributed by atoms with E-state index in [1.807, 2.05) is 48.5 Å². The fraction of sp³-hybridized carbons (Fsp3) is 0.304. The molecular weight excluding hydrogens is 354 g/mol. The second-order valence-electron chi connectivity index (χ2n) is 7.25. The molecule has 5 heteroatoms. The minimum Gasteiger partial charge on any atom is -0.493 e. The summed E-state index contributed by atoms with van der Waals surface area (Å²) in [5.74, 6) is 1.21. The Morgan fingerprint density at radius 2 is 1.61 bits per heavy atom. The number of nitrogens with one attached hydrogen (secondary N) is 1. The van der Waals surface area contributed by atoms with Gasteiger partial charge in [-0.05, 0) is 35.6 Å². The van der Waals surface area contributed by atoms with Crippen LogP contribution in [0.5, 0.6) is 11.5 Å². The fourth-order valence-corrected chi connectivity index (χ4v) is 4.27. The van der Waals surface area contributed by atoms with Crippen LogP contribution in [0.1, 0.15) is 42.2 Å². The average Bonchev–Trinajstić information content (AvgIpc) is 2.72. The first kappa shape index (κ1) is 18.3. The number of allylic oxidation sites excluding steroid dienone is 2. The SMILES string of the molecule is COc1ccc([C@H]2CC(=O)C3=C(C2)NC(=O)C[C@@H]3c2ccccc2)cc1OC. The Morgan fingerprint density at radius 1 is 0.857 bits per heavy atom. The third-order valence-electron chi connectivity index (χ3n) is 5.62. The molecule has 2 aromatic rings. The third kappa shape index (κ3) is 3.28. The maximum Gasteiger partial charge on any atom is 0.225 e. The quantitative estimate of drug-likeness (QED) is 0.882. The molecule has 0 saturated heterocycles. The van der Waals surface area contributed by atoms with Crippen LogP contribution >= 0.6 is 0 Å². The highest BCUT2D eigenvalue weighted by Crippen LogP contribution is 2.43. The molecule has 2 atom stereocenters. The number of benzene rings is 2. The maximum atomic E-state index is 13.1. The van der Waals surface area contributed by atoms with E-state index >= 15 is 0 Å². The van der Waals surface area contributed by atoms with Gasteiger partial charge in [-0.1, -0.05) is 36.4 Å². The molecule has 1 aliphatic carbocycles. The van der Waals surface area contributed by atoms with Crippen molar-refractivity contribution in [2.45, 2.75) is 31.1 Å². The molecule has 28 heavy (non-hydrogen) atoms. The Kier molecular flexibility index (Phi) is 4.90. The highest BCUT2D eigenvalue weighted by atomic mass is 16.5. The molecule has 0 saturated carbocycles. The molecule has 144 valence electrons. The molecule has 1 amide bonds. The standard InChI is InChI=1S/C23H23NO4/c1-27-20-9-8-15(12-21(20)28-2)16-10-18-23(19(25)11-16)17(13-22(26)24-18)14-6-4-3-5-7-14/h3-9,12,16-17H,10-11,13H2,1-2H3,(H,24,26)/t16-,17-/m1/s1. The number of carbonyl (C=O) groups is 2. The van der Waals surface area contributed by atoms with Gasteiger partial charge < -0.3 is 14.8 Å². The predicted octanol–water partition coefficient (Wildman–Crippen LogP) is 3.71. The van der Waals surface area contributed by atoms with Gasteiger partial charge in [-0.3, -0.25) is 9.59 Å². The van der Waals surface area contributed by atoms with Crippen LogP contribution in [0.25, 0.3) is 0 Å². The normalized spacial score (nSPS) is 21.8. The Balaban J connectivity index is 1.69. The molecule has 0 spiro atoms. The zero-order valence-corrected chi connectivity index (χ0v) is 16.0. The van der Waals surface area contributed by atoms with Gasteiger partial charge in [0.05, 0.1) is 14.2 Å². The second-order valence-corrected chi connectivity index (χ2v) is 7.25. The number of amides is 1. The molecule has 0 aromatic heterocycles. The molecule has 1 heterocycles. The zero-order valence-electron chi connectivity index (χ0n) is 16.0. The minimum atomic E-state index is -0.163. The number of ketones is 1. The Hall–Kier alpha value is -3.08. The summed E-state index contributed by atoms with van der Waals surface area (Å²) in [5, 5.41) is 2.96. The lowest BCUT2D eigenvalue weighted by Crippen LogP contribution is -2.38. The van der Waals surface area contributed by atoms with Crippen LogP contribution in [0, 0.1) is 0 Å². The summed E-state index contributed by atoms with van der Waals surface area (Å²) >= 11 is 0. The number of hydrogen-bond acceptors (Lipinski definition) is 4. The number of ether oxygens (including phenoxy) is 2. The van der Waals surface area contributed by atoms with E-state index in [4.69, 9.17) is 9.47 Å². The maximum absolute atomic E-state index is 13.1. The van der Waals surface area contributed by atoms with Crippen molar-refractivity contribution in [3.63, 3.8) is 0 Å². The van der Waals surface area contributed by atoms with Gasteiger partial charge in [0.1, 0.15) is 0 Å². The summed E-state index contributed by atoms with van der Waals surface area (Å²) in [6.07, 6.45) is 1.37. The minimum absolute atomic E-state index is 0.000814. The van der Waals surface area contributed by atoms with Crippen LogP contribution < -0.4 is 14.8 Å². The largest absolute Gasteiger partial charge is 0.493 e. The topological polar surface area (TPSA) is 64.6 Å². The van der Waals surface area contributed by atoms with E-state index in [1.54, 1.807) is 14.2 Å².